The molecule has 104 valence electrons. The summed E-state index contributed by atoms with van der Waals surface area (Å²) in [6, 6.07) is 7.26. The van der Waals surface area contributed by atoms with Crippen molar-refractivity contribution >= 4 is 17.7 Å². The van der Waals surface area contributed by atoms with Gasteiger partial charge in [-0.25, -0.2) is 5.84 Å². The number of hydrogen-bond acceptors (Lipinski definition) is 4. The van der Waals surface area contributed by atoms with Gasteiger partial charge in [0.15, 0.2) is 0 Å². The van der Waals surface area contributed by atoms with Crippen LogP contribution in [0.2, 0.25) is 0 Å². The summed E-state index contributed by atoms with van der Waals surface area (Å²) in [7, 11) is 0. The Morgan fingerprint density at radius 1 is 1.20 bits per heavy atom. The Balaban J connectivity index is 1.79. The molecule has 6 heteroatoms. The Morgan fingerprint density at radius 2 is 1.80 bits per heavy atom. The number of carbonyl (C=O) groups excluding carboxylic acids is 3. The first kappa shape index (κ1) is 12.8. The molecule has 2 aliphatic rings. The van der Waals surface area contributed by atoms with Crippen molar-refractivity contribution in [3.63, 3.8) is 0 Å². The quantitative estimate of drug-likeness (QED) is 0.342. The molecule has 1 aliphatic heterocycles. The molecule has 1 aliphatic carbocycles. The van der Waals surface area contributed by atoms with Gasteiger partial charge in [0.1, 0.15) is 0 Å². The van der Waals surface area contributed by atoms with Gasteiger partial charge in [0.25, 0.3) is 0 Å². The number of nitrogens with zero attached hydrogens (tertiary/aromatic N) is 1. The molecule has 1 saturated carbocycles. The van der Waals surface area contributed by atoms with Gasteiger partial charge in [0.2, 0.25) is 17.7 Å². The molecular weight excluding hydrogens is 258 g/mol. The highest BCUT2D eigenvalue weighted by molar-refractivity contribution is 6.08. The molecule has 1 aromatic rings. The summed E-state index contributed by atoms with van der Waals surface area (Å²) in [4.78, 5) is 36.6. The minimum atomic E-state index is -0.306. The summed E-state index contributed by atoms with van der Waals surface area (Å²) in [6.45, 7) is 0.235. The van der Waals surface area contributed by atoms with Crippen LogP contribution in [0.15, 0.2) is 24.3 Å². The highest BCUT2D eigenvalue weighted by Crippen LogP contribution is 2.47. The van der Waals surface area contributed by atoms with Gasteiger partial charge in [-0.3, -0.25) is 24.7 Å². The van der Waals surface area contributed by atoms with E-state index < -0.39 is 0 Å². The highest BCUT2D eigenvalue weighted by Gasteiger charge is 2.58. The van der Waals surface area contributed by atoms with Gasteiger partial charge < -0.3 is 0 Å². The van der Waals surface area contributed by atoms with Crippen molar-refractivity contribution in [1.29, 1.82) is 0 Å². The molecule has 2 fully saturated rings. The van der Waals surface area contributed by atoms with Gasteiger partial charge in [0, 0.05) is 0 Å². The molecule has 3 amide bonds. The molecule has 3 rings (SSSR count). The van der Waals surface area contributed by atoms with E-state index in [4.69, 9.17) is 5.84 Å². The summed E-state index contributed by atoms with van der Waals surface area (Å²) in [5.41, 5.74) is 3.66. The van der Waals surface area contributed by atoms with Crippen LogP contribution in [0.5, 0.6) is 0 Å². The summed E-state index contributed by atoms with van der Waals surface area (Å²) in [6.07, 6.45) is 0.834. The Labute approximate surface area is 115 Å². The number of hydrazine groups is 1. The smallest absolute Gasteiger partial charge is 0.238 e. The lowest BCUT2D eigenvalue weighted by Gasteiger charge is -2.18. The SMILES string of the molecule is NNC(=O)Cc1ccccc1CN1C(=O)C2CC2C1=O. The van der Waals surface area contributed by atoms with E-state index in [0.29, 0.717) is 6.42 Å². The van der Waals surface area contributed by atoms with Crippen molar-refractivity contribution in [3.8, 4) is 0 Å². The first-order valence-corrected chi connectivity index (χ1v) is 6.53. The minimum Gasteiger partial charge on any atom is -0.294 e. The van der Waals surface area contributed by atoms with Crippen molar-refractivity contribution in [2.45, 2.75) is 19.4 Å². The maximum Gasteiger partial charge on any atom is 0.238 e. The second-order valence-corrected chi connectivity index (χ2v) is 5.22. The van der Waals surface area contributed by atoms with E-state index in [1.165, 1.54) is 4.90 Å². The lowest BCUT2D eigenvalue weighted by molar-refractivity contribution is -0.142. The predicted molar refractivity (Wildman–Crippen MR) is 69.6 cm³/mol. The fourth-order valence-corrected chi connectivity index (χ4v) is 2.68. The lowest BCUT2D eigenvalue weighted by atomic mass is 10.0. The van der Waals surface area contributed by atoms with Crippen LogP contribution in [0.4, 0.5) is 0 Å². The van der Waals surface area contributed by atoms with Gasteiger partial charge in [-0.2, -0.15) is 0 Å². The number of fused-ring (bicyclic) bond motifs is 1. The molecule has 0 radical (unpaired) electrons. The average molecular weight is 273 g/mol. The van der Waals surface area contributed by atoms with E-state index in [1.807, 2.05) is 18.2 Å². The number of hydrogen-bond donors (Lipinski definition) is 2. The second kappa shape index (κ2) is 4.72. The van der Waals surface area contributed by atoms with E-state index >= 15 is 0 Å². The van der Waals surface area contributed by atoms with Gasteiger partial charge in [0.05, 0.1) is 24.8 Å². The number of nitrogens with one attached hydrogen (secondary N) is 1. The van der Waals surface area contributed by atoms with Crippen LogP contribution in [0.1, 0.15) is 17.5 Å². The Morgan fingerprint density at radius 3 is 2.40 bits per heavy atom. The summed E-state index contributed by atoms with van der Waals surface area (Å²) < 4.78 is 0. The van der Waals surface area contributed by atoms with Crippen LogP contribution in [0.3, 0.4) is 0 Å². The zero-order valence-corrected chi connectivity index (χ0v) is 10.8. The molecule has 20 heavy (non-hydrogen) atoms. The zero-order valence-electron chi connectivity index (χ0n) is 10.8. The Hall–Kier alpha value is -2.21. The third kappa shape index (κ3) is 2.08. The number of rotatable bonds is 4. The minimum absolute atomic E-state index is 0.0851. The number of piperidine rings is 1. The van der Waals surface area contributed by atoms with Crippen LogP contribution in [-0.2, 0) is 27.3 Å². The van der Waals surface area contributed by atoms with E-state index in [1.54, 1.807) is 6.07 Å². The normalized spacial score (nSPS) is 23.8. The van der Waals surface area contributed by atoms with Crippen molar-refractivity contribution < 1.29 is 14.4 Å². The molecule has 6 nitrogen and oxygen atoms in total. The molecule has 0 spiro atoms. The fourth-order valence-electron chi connectivity index (χ4n) is 2.68. The second-order valence-electron chi connectivity index (χ2n) is 5.22. The third-order valence-corrected chi connectivity index (χ3v) is 3.92. The molecule has 1 saturated heterocycles. The molecular formula is C14H15N3O3. The summed E-state index contributed by atoms with van der Waals surface area (Å²) >= 11 is 0. The zero-order chi connectivity index (χ0) is 14.3. The summed E-state index contributed by atoms with van der Waals surface area (Å²) in [5, 5.41) is 0. The molecule has 0 bridgehead atoms. The van der Waals surface area contributed by atoms with Crippen LogP contribution in [-0.4, -0.2) is 22.6 Å². The van der Waals surface area contributed by atoms with Crippen molar-refractivity contribution in [3.05, 3.63) is 35.4 Å². The monoisotopic (exact) mass is 273 g/mol. The maximum absolute atomic E-state index is 12.0. The van der Waals surface area contributed by atoms with Crippen molar-refractivity contribution in [2.75, 3.05) is 0 Å². The number of amides is 3. The summed E-state index contributed by atoms with van der Waals surface area (Å²) in [5.74, 6) is 4.42. The lowest BCUT2D eigenvalue weighted by Crippen LogP contribution is -2.34. The van der Waals surface area contributed by atoms with E-state index in [0.717, 1.165) is 11.1 Å². The van der Waals surface area contributed by atoms with Crippen LogP contribution in [0.25, 0.3) is 0 Å². The average Bonchev–Trinajstić information content (AvgIpc) is 3.21. The standard InChI is InChI=1S/C14H15N3O3/c15-16-12(18)5-8-3-1-2-4-9(8)7-17-13(19)10-6-11(10)14(17)20/h1-4,10-11H,5-7,15H2,(H,16,18). The molecule has 2 atom stereocenters. The molecule has 1 aromatic carbocycles. The molecule has 0 aromatic heterocycles. The topological polar surface area (TPSA) is 92.5 Å². The Bertz CT molecular complexity index is 579. The number of benzene rings is 1. The van der Waals surface area contributed by atoms with Gasteiger partial charge in [-0.1, -0.05) is 24.3 Å². The van der Waals surface area contributed by atoms with Crippen molar-refractivity contribution in [1.82, 2.24) is 10.3 Å². The van der Waals surface area contributed by atoms with Crippen LogP contribution in [0, 0.1) is 11.8 Å². The van der Waals surface area contributed by atoms with Crippen LogP contribution >= 0.6 is 0 Å². The highest BCUT2D eigenvalue weighted by atomic mass is 16.2. The van der Waals surface area contributed by atoms with Gasteiger partial charge in [-0.15, -0.1) is 0 Å². The number of imide groups is 1. The molecule has 3 N–H and O–H groups in total. The van der Waals surface area contributed by atoms with E-state index in [9.17, 15) is 14.4 Å². The third-order valence-electron chi connectivity index (χ3n) is 3.92. The van der Waals surface area contributed by atoms with E-state index in [2.05, 4.69) is 5.43 Å². The van der Waals surface area contributed by atoms with Gasteiger partial charge >= 0.3 is 0 Å². The molecule has 1 heterocycles. The van der Waals surface area contributed by atoms with E-state index in [-0.39, 0.29) is 42.5 Å². The predicted octanol–water partition coefficient (Wildman–Crippen LogP) is -0.276. The number of carbonyl (C=O) groups is 3. The largest absolute Gasteiger partial charge is 0.294 e. The van der Waals surface area contributed by atoms with Gasteiger partial charge in [-0.05, 0) is 17.5 Å². The first-order chi connectivity index (χ1) is 9.61. The fraction of sp³-hybridized carbons (Fsp3) is 0.357. The molecule has 2 unspecified atom stereocenters. The Kier molecular flexibility index (Phi) is 3.02. The number of likely N-dealkylation sites (tertiary alicyclic amines) is 1. The van der Waals surface area contributed by atoms with Crippen molar-refractivity contribution in [2.24, 2.45) is 17.7 Å². The maximum atomic E-state index is 12.0. The number of nitrogens with two attached hydrogens (primary N) is 1. The van der Waals surface area contributed by atoms with Crippen LogP contribution < -0.4 is 11.3 Å². The first-order valence-electron chi connectivity index (χ1n) is 6.53.